The van der Waals surface area contributed by atoms with Crippen LogP contribution in [0, 0.1) is 11.3 Å². The molecule has 6 N–H and O–H groups in total. The lowest BCUT2D eigenvalue weighted by atomic mass is 10.1. The van der Waals surface area contributed by atoms with Crippen molar-refractivity contribution >= 4 is 37.8 Å². The summed E-state index contributed by atoms with van der Waals surface area (Å²) in [5.41, 5.74) is 8.45. The number of anilines is 1. The second kappa shape index (κ2) is 22.2. The lowest BCUT2D eigenvalue weighted by Gasteiger charge is -2.21. The van der Waals surface area contributed by atoms with Gasteiger partial charge in [0, 0.05) is 16.8 Å². The number of urea groups is 2. The van der Waals surface area contributed by atoms with Gasteiger partial charge in [-0.15, -0.1) is 0 Å². The molecule has 0 atom stereocenters. The van der Waals surface area contributed by atoms with E-state index >= 15 is 0 Å². The first-order valence-corrected chi connectivity index (χ1v) is 23.4. The summed E-state index contributed by atoms with van der Waals surface area (Å²) in [6.45, 7) is 10.4. The second-order valence-electron chi connectivity index (χ2n) is 16.8. The minimum Gasteiger partial charge on any atom is -0.497 e. The Morgan fingerprint density at radius 3 is 1.31 bits per heavy atom. The Morgan fingerprint density at radius 2 is 0.926 bits per heavy atom. The molecule has 0 saturated heterocycles. The summed E-state index contributed by atoms with van der Waals surface area (Å²) >= 11 is 0. The average Bonchev–Trinajstić information content (AvgIpc) is 3.26. The van der Waals surface area contributed by atoms with E-state index in [1.807, 2.05) is 76.2 Å². The molecule has 0 heterocycles. The van der Waals surface area contributed by atoms with Gasteiger partial charge in [-0.3, -0.25) is 0 Å². The van der Waals surface area contributed by atoms with E-state index in [1.165, 1.54) is 30.3 Å². The number of nitrogens with zero attached hydrogens (tertiary/aromatic N) is 1. The van der Waals surface area contributed by atoms with Crippen molar-refractivity contribution in [1.29, 1.82) is 5.26 Å². The third-order valence-corrected chi connectivity index (χ3v) is 11.7. The molecule has 0 bridgehead atoms. The maximum Gasteiger partial charge on any atom is 0.329 e. The molecule has 0 aliphatic carbocycles. The number of nitrogens with one attached hydrogen (secondary N) is 4. The predicted molar refractivity (Wildman–Crippen MR) is 263 cm³/mol. The maximum absolute atomic E-state index is 13.0. The van der Waals surface area contributed by atoms with E-state index in [-0.39, 0.29) is 40.0 Å². The Kier molecular flexibility index (Phi) is 17.2. The molecule has 68 heavy (non-hydrogen) atoms. The van der Waals surface area contributed by atoms with Crippen LogP contribution in [0.15, 0.2) is 143 Å². The van der Waals surface area contributed by atoms with Crippen molar-refractivity contribution in [3.05, 3.63) is 139 Å². The number of sulfonamides is 2. The number of rotatable bonds is 12. The van der Waals surface area contributed by atoms with E-state index in [2.05, 4.69) is 10.6 Å². The van der Waals surface area contributed by atoms with Gasteiger partial charge in [-0.25, -0.2) is 35.9 Å². The number of hydrogen-bond acceptors (Lipinski definition) is 12. The average molecular weight is 965 g/mol. The van der Waals surface area contributed by atoms with Crippen LogP contribution in [0.1, 0.15) is 54.5 Å². The smallest absolute Gasteiger partial charge is 0.329 e. The Morgan fingerprint density at radius 1 is 0.529 bits per heavy atom. The van der Waals surface area contributed by atoms with Gasteiger partial charge in [0.2, 0.25) is 0 Å². The number of methoxy groups -OCH3 is 2. The highest BCUT2D eigenvalue weighted by Gasteiger charge is 2.27. The summed E-state index contributed by atoms with van der Waals surface area (Å²) in [6.07, 6.45) is 0. The van der Waals surface area contributed by atoms with Gasteiger partial charge in [-0.2, -0.15) is 5.26 Å². The lowest BCUT2D eigenvalue weighted by Crippen LogP contribution is -2.48. The number of nitriles is 1. The van der Waals surface area contributed by atoms with E-state index in [4.69, 9.17) is 24.7 Å². The quantitative estimate of drug-likeness (QED) is 0.0721. The molecule has 358 valence electrons. The summed E-state index contributed by atoms with van der Waals surface area (Å²) in [5, 5.41) is 14.3. The summed E-state index contributed by atoms with van der Waals surface area (Å²) in [4.78, 5) is 23.8. The minimum atomic E-state index is -4.34. The second-order valence-corrected chi connectivity index (χ2v) is 20.1. The van der Waals surface area contributed by atoms with E-state index < -0.39 is 43.2 Å². The van der Waals surface area contributed by atoms with Crippen molar-refractivity contribution in [1.82, 2.24) is 20.1 Å². The number of hydrogen-bond donors (Lipinski definition) is 5. The molecule has 0 unspecified atom stereocenters. The van der Waals surface area contributed by atoms with Crippen LogP contribution in [-0.2, 0) is 20.0 Å². The number of benzene rings is 6. The summed E-state index contributed by atoms with van der Waals surface area (Å²) in [6, 6.07) is 37.7. The highest BCUT2D eigenvalue weighted by molar-refractivity contribution is 7.90. The number of nitrogens with two attached hydrogens (primary N) is 1. The standard InChI is InChI=1S/C25H25N3O5S.C24H27N3O5S.CH4/c1-25(2,3)27-24(29)28-34(30,31)23-14-17(16-26)8-13-22(23)33-21-7-5-6-19(15-21)18-9-11-20(32-4)12-10-18;1-24(2,3)26-23(28)27-33(29,30)22-15-18(25)10-13-21(22)32-20-7-5-6-17(14-20)16-8-11-19(31-4)12-9-16;/h5-15H,1-4H3,(H2,27,28,29);5-15H,25H2,1-4H3,(H2,26,27,28);1H4. The Balaban J connectivity index is 0.000000292. The fourth-order valence-corrected chi connectivity index (χ4v) is 8.21. The predicted octanol–water partition coefficient (Wildman–Crippen LogP) is 9.97. The highest BCUT2D eigenvalue weighted by Crippen LogP contribution is 2.35. The van der Waals surface area contributed by atoms with Crippen LogP contribution in [0.5, 0.6) is 34.5 Å². The number of amides is 4. The summed E-state index contributed by atoms with van der Waals surface area (Å²) < 4.78 is 78.0. The number of carbonyl (C=O) groups excluding carboxylic acids is 2. The van der Waals surface area contributed by atoms with E-state index in [9.17, 15) is 31.7 Å². The summed E-state index contributed by atoms with van der Waals surface area (Å²) in [5.74, 6) is 2.28. The van der Waals surface area contributed by atoms with E-state index in [1.54, 1.807) is 92.2 Å². The van der Waals surface area contributed by atoms with Crippen LogP contribution < -0.4 is 44.8 Å². The van der Waals surface area contributed by atoms with Gasteiger partial charge >= 0.3 is 12.1 Å². The molecule has 6 aromatic rings. The topological polar surface area (TPSA) is 237 Å². The Labute approximate surface area is 398 Å². The molecule has 18 heteroatoms. The fourth-order valence-electron chi connectivity index (χ4n) is 6.08. The molecule has 0 aromatic heterocycles. The molecule has 0 aliphatic rings. The summed E-state index contributed by atoms with van der Waals surface area (Å²) in [7, 11) is -5.40. The van der Waals surface area contributed by atoms with Gasteiger partial charge in [0.05, 0.1) is 25.9 Å². The van der Waals surface area contributed by atoms with Crippen molar-refractivity contribution in [2.75, 3.05) is 20.0 Å². The zero-order chi connectivity index (χ0) is 49.2. The van der Waals surface area contributed by atoms with Gasteiger partial charge in [0.25, 0.3) is 20.0 Å². The SMILES string of the molecule is C.COc1ccc(-c2cccc(Oc3ccc(C#N)cc3S(=O)(=O)NC(=O)NC(C)(C)C)c2)cc1.COc1ccc(-c2cccc(Oc3ccc(N)cc3S(=O)(=O)NC(=O)NC(C)(C)C)c2)cc1. The van der Waals surface area contributed by atoms with Crippen LogP contribution in [-0.4, -0.2) is 54.2 Å². The number of ether oxygens (including phenoxy) is 4. The third kappa shape index (κ3) is 15.2. The fraction of sp³-hybridized carbons (Fsp3) is 0.220. The van der Waals surface area contributed by atoms with Crippen molar-refractivity contribution in [3.8, 4) is 62.8 Å². The van der Waals surface area contributed by atoms with Crippen LogP contribution in [0.3, 0.4) is 0 Å². The maximum atomic E-state index is 13.0. The Hall–Kier alpha value is -7.75. The van der Waals surface area contributed by atoms with Crippen molar-refractivity contribution in [3.63, 3.8) is 0 Å². The third-order valence-electron chi connectivity index (χ3n) is 9.02. The molecule has 0 radical (unpaired) electrons. The first-order valence-electron chi connectivity index (χ1n) is 20.5. The van der Waals surface area contributed by atoms with Crippen molar-refractivity contribution in [2.45, 2.75) is 69.8 Å². The molecule has 6 rings (SSSR count). The normalized spacial score (nSPS) is 11.2. The molecule has 0 saturated carbocycles. The molecule has 16 nitrogen and oxygen atoms in total. The van der Waals surface area contributed by atoms with Crippen LogP contribution in [0.25, 0.3) is 22.3 Å². The van der Waals surface area contributed by atoms with Crippen LogP contribution in [0.4, 0.5) is 15.3 Å². The van der Waals surface area contributed by atoms with E-state index in [0.29, 0.717) is 11.5 Å². The molecule has 0 spiro atoms. The van der Waals surface area contributed by atoms with Crippen molar-refractivity contribution in [2.24, 2.45) is 0 Å². The molecule has 0 aliphatic heterocycles. The first kappa shape index (κ1) is 52.9. The monoisotopic (exact) mass is 964 g/mol. The van der Waals surface area contributed by atoms with Crippen LogP contribution >= 0.6 is 0 Å². The first-order chi connectivity index (χ1) is 31.5. The molecule has 6 aromatic carbocycles. The molecule has 4 amide bonds. The van der Waals surface area contributed by atoms with Crippen molar-refractivity contribution < 1.29 is 45.4 Å². The molecular formula is C50H56N6O10S2. The molecular weight excluding hydrogens is 909 g/mol. The van der Waals surface area contributed by atoms with E-state index in [0.717, 1.165) is 39.8 Å². The van der Waals surface area contributed by atoms with Crippen LogP contribution in [0.2, 0.25) is 0 Å². The van der Waals surface area contributed by atoms with Gasteiger partial charge in [0.15, 0.2) is 0 Å². The minimum absolute atomic E-state index is 0. The molecule has 0 fully saturated rings. The van der Waals surface area contributed by atoms with Gasteiger partial charge in [-0.05, 0) is 149 Å². The Bertz CT molecular complexity index is 3000. The zero-order valence-corrected chi connectivity index (χ0v) is 39.8. The lowest BCUT2D eigenvalue weighted by molar-refractivity contribution is 0.236. The zero-order valence-electron chi connectivity index (χ0n) is 38.1. The van der Waals surface area contributed by atoms with Gasteiger partial charge < -0.3 is 35.3 Å². The van der Waals surface area contributed by atoms with Gasteiger partial charge in [-0.1, -0.05) is 56.0 Å². The number of carbonyl (C=O) groups is 2. The number of nitrogen functional groups attached to an aromatic ring is 1. The van der Waals surface area contributed by atoms with Gasteiger partial charge in [0.1, 0.15) is 44.3 Å². The highest BCUT2D eigenvalue weighted by atomic mass is 32.2. The largest absolute Gasteiger partial charge is 0.497 e.